The zero-order valence-electron chi connectivity index (χ0n) is 15.3. The zero-order chi connectivity index (χ0) is 21.0. The lowest BCUT2D eigenvalue weighted by Gasteiger charge is -2.22. The molecule has 0 saturated heterocycles. The average Bonchev–Trinajstić information content (AvgIpc) is 2.70. The van der Waals surface area contributed by atoms with Crippen LogP contribution in [0.4, 0.5) is 0 Å². The summed E-state index contributed by atoms with van der Waals surface area (Å²) in [7, 11) is -5.29. The monoisotopic (exact) mass is 432 g/mol. The quantitative estimate of drug-likeness (QED) is 0.435. The molecule has 1 aliphatic rings. The molecule has 1 unspecified atom stereocenters. The van der Waals surface area contributed by atoms with E-state index >= 15 is 0 Å². The van der Waals surface area contributed by atoms with E-state index in [1.165, 1.54) is 0 Å². The molecule has 8 heteroatoms. The SMILES string of the molecule is CC(C(=O)c1ccccc1)[S+]1c2ccccc2Oc2ccccc21.[O-][Cl+3]([O-])([O-])[O-]. The van der Waals surface area contributed by atoms with Crippen LogP contribution in [0.5, 0.6) is 11.5 Å². The van der Waals surface area contributed by atoms with Crippen LogP contribution < -0.4 is 23.4 Å². The molecule has 150 valence electrons. The maximum Gasteiger partial charge on any atom is 0.215 e. The molecule has 1 atom stereocenters. The zero-order valence-corrected chi connectivity index (χ0v) is 16.9. The van der Waals surface area contributed by atoms with E-state index in [-0.39, 0.29) is 21.9 Å². The van der Waals surface area contributed by atoms with Crippen LogP contribution in [-0.4, -0.2) is 11.0 Å². The highest BCUT2D eigenvalue weighted by Crippen LogP contribution is 2.45. The predicted octanol–water partition coefficient (Wildman–Crippen LogP) is 0.344. The van der Waals surface area contributed by atoms with Gasteiger partial charge in [0.25, 0.3) is 0 Å². The van der Waals surface area contributed by atoms with Crippen LogP contribution in [-0.2, 0) is 10.9 Å². The van der Waals surface area contributed by atoms with Crippen LogP contribution in [0.25, 0.3) is 0 Å². The first-order chi connectivity index (χ1) is 13.8. The number of carbonyl (C=O) groups excluding carboxylic acids is 1. The van der Waals surface area contributed by atoms with E-state index in [9.17, 15) is 4.79 Å². The van der Waals surface area contributed by atoms with E-state index in [4.69, 9.17) is 23.4 Å². The van der Waals surface area contributed by atoms with E-state index in [0.29, 0.717) is 0 Å². The van der Waals surface area contributed by atoms with Gasteiger partial charge >= 0.3 is 0 Å². The van der Waals surface area contributed by atoms with Gasteiger partial charge in [-0.15, -0.1) is 10.2 Å². The summed E-state index contributed by atoms with van der Waals surface area (Å²) < 4.78 is 40.0. The van der Waals surface area contributed by atoms with Gasteiger partial charge in [-0.1, -0.05) is 54.6 Å². The molecule has 0 radical (unpaired) electrons. The van der Waals surface area contributed by atoms with Crippen molar-refractivity contribution in [2.24, 2.45) is 0 Å². The van der Waals surface area contributed by atoms with Gasteiger partial charge in [0.15, 0.2) is 16.7 Å². The molecule has 0 saturated carbocycles. The number of hydrogen-bond acceptors (Lipinski definition) is 6. The Bertz CT molecular complexity index is 938. The van der Waals surface area contributed by atoms with Crippen molar-refractivity contribution in [1.29, 1.82) is 0 Å². The lowest BCUT2D eigenvalue weighted by molar-refractivity contribution is -2.00. The number of Topliss-reactive ketones (excluding diaryl/α,β-unsaturated/α-hetero) is 1. The molecule has 4 rings (SSSR count). The van der Waals surface area contributed by atoms with Crippen LogP contribution in [0.3, 0.4) is 0 Å². The molecule has 0 aliphatic carbocycles. The van der Waals surface area contributed by atoms with Gasteiger partial charge in [0, 0.05) is 5.56 Å². The van der Waals surface area contributed by atoms with Crippen LogP contribution in [0, 0.1) is 10.2 Å². The van der Waals surface area contributed by atoms with Crippen molar-refractivity contribution in [3.05, 3.63) is 84.4 Å². The number of carbonyl (C=O) groups is 1. The second-order valence-corrected chi connectivity index (χ2v) is 9.10. The molecular weight excluding hydrogens is 416 g/mol. The van der Waals surface area contributed by atoms with Crippen LogP contribution in [0.1, 0.15) is 17.3 Å². The first kappa shape index (κ1) is 21.3. The number of fused-ring (bicyclic) bond motifs is 2. The average molecular weight is 433 g/mol. The first-order valence-corrected chi connectivity index (χ1v) is 11.1. The molecule has 0 spiro atoms. The highest BCUT2D eigenvalue weighted by atomic mass is 35.7. The molecule has 0 fully saturated rings. The highest BCUT2D eigenvalue weighted by molar-refractivity contribution is 7.98. The van der Waals surface area contributed by atoms with E-state index in [2.05, 4.69) is 12.1 Å². The normalized spacial score (nSPS) is 13.8. The molecule has 3 aromatic carbocycles. The summed E-state index contributed by atoms with van der Waals surface area (Å²) in [6.07, 6.45) is 0. The van der Waals surface area contributed by atoms with Crippen molar-refractivity contribution in [1.82, 2.24) is 0 Å². The van der Waals surface area contributed by atoms with Crippen LogP contribution in [0.2, 0.25) is 0 Å². The summed E-state index contributed by atoms with van der Waals surface area (Å²) in [5.41, 5.74) is 0.763. The van der Waals surface area contributed by atoms with Gasteiger partial charge in [-0.2, -0.15) is 0 Å². The van der Waals surface area contributed by atoms with Gasteiger partial charge in [0.05, 0.1) is 10.9 Å². The van der Waals surface area contributed by atoms with Gasteiger partial charge in [0.2, 0.25) is 15.6 Å². The van der Waals surface area contributed by atoms with E-state index in [1.807, 2.05) is 73.7 Å². The van der Waals surface area contributed by atoms with E-state index in [1.54, 1.807) is 0 Å². The van der Waals surface area contributed by atoms with Gasteiger partial charge in [-0.3, -0.25) is 4.79 Å². The van der Waals surface area contributed by atoms with E-state index < -0.39 is 10.2 Å². The Labute approximate surface area is 173 Å². The lowest BCUT2D eigenvalue weighted by Crippen LogP contribution is -2.68. The summed E-state index contributed by atoms with van der Waals surface area (Å²) in [6.45, 7) is 2.03. The van der Waals surface area contributed by atoms with E-state index in [0.717, 1.165) is 26.9 Å². The van der Waals surface area contributed by atoms with Crippen LogP contribution in [0.15, 0.2) is 88.7 Å². The Morgan fingerprint density at radius 1 is 0.793 bits per heavy atom. The summed E-state index contributed by atoms with van der Waals surface area (Å²) >= 11 is 0. The minimum Gasteiger partial charge on any atom is -0.447 e. The maximum absolute atomic E-state index is 13.0. The number of ketones is 1. The number of benzene rings is 3. The smallest absolute Gasteiger partial charge is 0.215 e. The summed E-state index contributed by atoms with van der Waals surface area (Å²) in [6, 6.07) is 25.6. The standard InChI is InChI=1S/C21H17O2S.ClHO4/c1-15(21(22)16-9-3-2-4-10-16)24-19-13-7-5-11-17(19)23-18-12-6-8-14-20(18)24;2-1(3,4)5/h2-15H,1H3;(H,2,3,4,5)/q+1;/p-1. The lowest BCUT2D eigenvalue weighted by atomic mass is 10.1. The molecule has 0 amide bonds. The molecule has 1 heterocycles. The van der Waals surface area contributed by atoms with Crippen molar-refractivity contribution in [3.63, 3.8) is 0 Å². The van der Waals surface area contributed by atoms with Gasteiger partial charge in [-0.25, -0.2) is 18.6 Å². The number of halogens is 1. The first-order valence-electron chi connectivity index (χ1n) is 8.55. The van der Waals surface area contributed by atoms with Crippen molar-refractivity contribution in [2.45, 2.75) is 22.0 Å². The van der Waals surface area contributed by atoms with Crippen molar-refractivity contribution < 1.29 is 38.4 Å². The minimum atomic E-state index is -4.94. The third-order valence-corrected chi connectivity index (χ3v) is 6.72. The van der Waals surface area contributed by atoms with Gasteiger partial charge in [0.1, 0.15) is 0 Å². The Hall–Kier alpha value is -2.39. The third-order valence-electron chi connectivity index (χ3n) is 4.17. The second kappa shape index (κ2) is 8.96. The molecule has 0 aromatic heterocycles. The Balaban J connectivity index is 0.000000431. The molecule has 29 heavy (non-hydrogen) atoms. The molecule has 0 bridgehead atoms. The fourth-order valence-electron chi connectivity index (χ4n) is 2.99. The summed E-state index contributed by atoms with van der Waals surface area (Å²) in [5.74, 6) is 1.88. The van der Waals surface area contributed by atoms with Crippen molar-refractivity contribution in [2.75, 3.05) is 0 Å². The fourth-order valence-corrected chi connectivity index (χ4v) is 5.45. The summed E-state index contributed by atoms with van der Waals surface area (Å²) in [5, 5.41) is -0.140. The number of ether oxygens (including phenoxy) is 1. The number of rotatable bonds is 3. The van der Waals surface area contributed by atoms with Gasteiger partial charge < -0.3 is 4.74 Å². The predicted molar refractivity (Wildman–Crippen MR) is 97.1 cm³/mol. The third kappa shape index (κ3) is 5.36. The largest absolute Gasteiger partial charge is 0.447 e. The van der Waals surface area contributed by atoms with Gasteiger partial charge in [-0.05, 0) is 31.2 Å². The Morgan fingerprint density at radius 3 is 1.69 bits per heavy atom. The molecule has 6 nitrogen and oxygen atoms in total. The number of para-hydroxylation sites is 2. The fraction of sp³-hybridized carbons (Fsp3) is 0.0952. The molecule has 1 aliphatic heterocycles. The highest BCUT2D eigenvalue weighted by Gasteiger charge is 2.44. The topological polar surface area (TPSA) is 119 Å². The van der Waals surface area contributed by atoms with Crippen LogP contribution >= 0.6 is 0 Å². The Morgan fingerprint density at radius 2 is 1.21 bits per heavy atom. The van der Waals surface area contributed by atoms with Crippen molar-refractivity contribution in [3.8, 4) is 11.5 Å². The molecule has 3 aromatic rings. The summed E-state index contributed by atoms with van der Waals surface area (Å²) in [4.78, 5) is 15.2. The second-order valence-electron chi connectivity index (χ2n) is 6.08. The molecule has 0 N–H and O–H groups in total. The minimum absolute atomic E-state index is 0.140. The van der Waals surface area contributed by atoms with Crippen molar-refractivity contribution >= 4 is 16.7 Å². The number of hydrogen-bond donors (Lipinski definition) is 0. The Kier molecular flexibility index (Phi) is 6.59. The molecular formula is C21H17ClO6S. The maximum atomic E-state index is 13.0.